The fourth-order valence-corrected chi connectivity index (χ4v) is 3.19. The fourth-order valence-electron chi connectivity index (χ4n) is 3.04. The molecule has 2 atom stereocenters. The molecule has 0 radical (unpaired) electrons. The summed E-state index contributed by atoms with van der Waals surface area (Å²) in [6.07, 6.45) is 5.00. The summed E-state index contributed by atoms with van der Waals surface area (Å²) < 4.78 is 0. The summed E-state index contributed by atoms with van der Waals surface area (Å²) >= 11 is 5.94. The molecule has 0 aliphatic heterocycles. The third-order valence-electron chi connectivity index (χ3n) is 4.17. The zero-order valence-electron chi connectivity index (χ0n) is 11.1. The second-order valence-electron chi connectivity index (χ2n) is 5.16. The largest absolute Gasteiger partial charge is 0.396 e. The van der Waals surface area contributed by atoms with E-state index in [0.717, 1.165) is 17.7 Å². The Kier molecular flexibility index (Phi) is 4.33. The Morgan fingerprint density at radius 1 is 1.28 bits per heavy atom. The van der Waals surface area contributed by atoms with Gasteiger partial charge in [0, 0.05) is 6.04 Å². The van der Waals surface area contributed by atoms with E-state index in [1.807, 2.05) is 6.07 Å². The van der Waals surface area contributed by atoms with Crippen molar-refractivity contribution in [3.05, 3.63) is 17.3 Å². The van der Waals surface area contributed by atoms with Crippen LogP contribution in [0, 0.1) is 11.8 Å². The number of halogens is 1. The molecule has 1 fully saturated rings. The highest BCUT2D eigenvalue weighted by Crippen LogP contribution is 2.37. The van der Waals surface area contributed by atoms with Crippen molar-refractivity contribution in [1.29, 1.82) is 0 Å². The molecule has 3 nitrogen and oxygen atoms in total. The van der Waals surface area contributed by atoms with Gasteiger partial charge in [-0.25, -0.2) is 4.98 Å². The zero-order chi connectivity index (χ0) is 13.1. The van der Waals surface area contributed by atoms with E-state index in [0.29, 0.717) is 16.9 Å². The number of nitrogen functional groups attached to an aromatic ring is 1. The first-order valence-electron chi connectivity index (χ1n) is 6.84. The van der Waals surface area contributed by atoms with Crippen LogP contribution < -0.4 is 11.1 Å². The van der Waals surface area contributed by atoms with Crippen molar-refractivity contribution in [2.24, 2.45) is 11.8 Å². The predicted octanol–water partition coefficient (Wildman–Crippen LogP) is 3.94. The van der Waals surface area contributed by atoms with Crippen LogP contribution in [-0.4, -0.2) is 11.0 Å². The van der Waals surface area contributed by atoms with Crippen LogP contribution in [0.3, 0.4) is 0 Å². The molecule has 3 N–H and O–H groups in total. The highest BCUT2D eigenvalue weighted by atomic mass is 35.5. The summed E-state index contributed by atoms with van der Waals surface area (Å²) in [6, 6.07) is 4.02. The van der Waals surface area contributed by atoms with Crippen LogP contribution in [0.4, 0.5) is 11.5 Å². The molecule has 1 aliphatic carbocycles. The van der Waals surface area contributed by atoms with Crippen molar-refractivity contribution in [2.45, 2.75) is 45.6 Å². The van der Waals surface area contributed by atoms with E-state index in [1.165, 1.54) is 25.7 Å². The summed E-state index contributed by atoms with van der Waals surface area (Å²) in [7, 11) is 0. The Balaban J connectivity index is 2.17. The monoisotopic (exact) mass is 267 g/mol. The summed E-state index contributed by atoms with van der Waals surface area (Å²) in [6.45, 7) is 4.51. The van der Waals surface area contributed by atoms with Crippen LogP contribution in [0.25, 0.3) is 0 Å². The molecule has 0 aromatic carbocycles. The van der Waals surface area contributed by atoms with Crippen LogP contribution >= 0.6 is 11.6 Å². The molecule has 0 bridgehead atoms. The number of rotatable bonds is 4. The number of nitrogens with two attached hydrogens (primary N) is 1. The molecule has 1 aromatic heterocycles. The van der Waals surface area contributed by atoms with Gasteiger partial charge < -0.3 is 11.1 Å². The van der Waals surface area contributed by atoms with Crippen molar-refractivity contribution < 1.29 is 0 Å². The minimum absolute atomic E-state index is 0.480. The number of aromatic nitrogens is 1. The van der Waals surface area contributed by atoms with Crippen molar-refractivity contribution in [2.75, 3.05) is 11.1 Å². The minimum Gasteiger partial charge on any atom is -0.396 e. The van der Waals surface area contributed by atoms with E-state index < -0.39 is 0 Å². The lowest BCUT2D eigenvalue weighted by molar-refractivity contribution is 0.418. The first-order valence-corrected chi connectivity index (χ1v) is 7.22. The lowest BCUT2D eigenvalue weighted by atomic mass is 9.94. The Bertz CT molecular complexity index is 396. The van der Waals surface area contributed by atoms with Crippen LogP contribution in [0.2, 0.25) is 5.15 Å². The Morgan fingerprint density at radius 2 is 1.89 bits per heavy atom. The molecule has 2 unspecified atom stereocenters. The van der Waals surface area contributed by atoms with Gasteiger partial charge in [-0.15, -0.1) is 0 Å². The lowest BCUT2D eigenvalue weighted by Gasteiger charge is -2.26. The molecule has 1 aromatic rings. The molecule has 1 saturated carbocycles. The SMILES string of the molecule is CCC1CCC(CC)C1Nc1nc(Cl)ccc1N. The molecule has 1 aliphatic rings. The van der Waals surface area contributed by atoms with Gasteiger partial charge in [0.1, 0.15) is 5.15 Å². The lowest BCUT2D eigenvalue weighted by Crippen LogP contribution is -2.30. The molecular weight excluding hydrogens is 246 g/mol. The van der Waals surface area contributed by atoms with Crippen molar-refractivity contribution in [3.8, 4) is 0 Å². The number of pyridine rings is 1. The number of hydrogen-bond acceptors (Lipinski definition) is 3. The van der Waals surface area contributed by atoms with Crippen LogP contribution in [0.5, 0.6) is 0 Å². The van der Waals surface area contributed by atoms with Crippen LogP contribution in [0.1, 0.15) is 39.5 Å². The van der Waals surface area contributed by atoms with Gasteiger partial charge in [0.05, 0.1) is 5.69 Å². The average Bonchev–Trinajstić information content (AvgIpc) is 2.76. The molecule has 0 spiro atoms. The third kappa shape index (κ3) is 2.72. The van der Waals surface area contributed by atoms with Gasteiger partial charge >= 0.3 is 0 Å². The highest BCUT2D eigenvalue weighted by molar-refractivity contribution is 6.29. The zero-order valence-corrected chi connectivity index (χ0v) is 11.9. The molecule has 1 heterocycles. The van der Waals surface area contributed by atoms with Gasteiger partial charge in [0.2, 0.25) is 0 Å². The Morgan fingerprint density at radius 3 is 2.44 bits per heavy atom. The first-order chi connectivity index (χ1) is 8.65. The summed E-state index contributed by atoms with van der Waals surface area (Å²) in [5.74, 6) is 2.18. The Hall–Kier alpha value is -0.960. The van der Waals surface area contributed by atoms with Gasteiger partial charge in [0.15, 0.2) is 5.82 Å². The van der Waals surface area contributed by atoms with Gasteiger partial charge in [-0.2, -0.15) is 0 Å². The topological polar surface area (TPSA) is 50.9 Å². The number of hydrogen-bond donors (Lipinski definition) is 2. The average molecular weight is 268 g/mol. The smallest absolute Gasteiger partial charge is 0.151 e. The minimum atomic E-state index is 0.480. The highest BCUT2D eigenvalue weighted by Gasteiger charge is 2.34. The van der Waals surface area contributed by atoms with Crippen molar-refractivity contribution >= 4 is 23.1 Å². The quantitative estimate of drug-likeness (QED) is 0.813. The maximum atomic E-state index is 5.96. The second kappa shape index (κ2) is 5.79. The maximum Gasteiger partial charge on any atom is 0.151 e. The van der Waals surface area contributed by atoms with E-state index in [1.54, 1.807) is 6.07 Å². The number of nitrogens with zero attached hydrogens (tertiary/aromatic N) is 1. The van der Waals surface area contributed by atoms with E-state index in [9.17, 15) is 0 Å². The fraction of sp³-hybridized carbons (Fsp3) is 0.643. The summed E-state index contributed by atoms with van der Waals surface area (Å²) in [5, 5.41) is 4.02. The van der Waals surface area contributed by atoms with Gasteiger partial charge in [-0.1, -0.05) is 38.3 Å². The second-order valence-corrected chi connectivity index (χ2v) is 5.54. The van der Waals surface area contributed by atoms with E-state index >= 15 is 0 Å². The standard InChI is InChI=1S/C14H22ClN3/c1-3-9-5-6-10(4-2)13(9)18-14-11(16)7-8-12(15)17-14/h7-10,13H,3-6,16H2,1-2H3,(H,17,18). The maximum absolute atomic E-state index is 5.96. The molecule has 0 amide bonds. The summed E-state index contributed by atoms with van der Waals surface area (Å²) in [5.41, 5.74) is 6.63. The van der Waals surface area contributed by atoms with E-state index in [-0.39, 0.29) is 0 Å². The molecule has 4 heteroatoms. The van der Waals surface area contributed by atoms with E-state index in [2.05, 4.69) is 24.1 Å². The normalized spacial score (nSPS) is 27.4. The van der Waals surface area contributed by atoms with Gasteiger partial charge in [-0.05, 0) is 36.8 Å². The van der Waals surface area contributed by atoms with Crippen LogP contribution in [-0.2, 0) is 0 Å². The Labute approximate surface area is 114 Å². The molecule has 2 rings (SSSR count). The predicted molar refractivity (Wildman–Crippen MR) is 77.9 cm³/mol. The molecule has 18 heavy (non-hydrogen) atoms. The number of anilines is 2. The van der Waals surface area contributed by atoms with E-state index in [4.69, 9.17) is 17.3 Å². The van der Waals surface area contributed by atoms with Gasteiger partial charge in [0.25, 0.3) is 0 Å². The molecular formula is C14H22ClN3. The van der Waals surface area contributed by atoms with Crippen molar-refractivity contribution in [1.82, 2.24) is 4.98 Å². The molecule has 100 valence electrons. The van der Waals surface area contributed by atoms with Crippen molar-refractivity contribution in [3.63, 3.8) is 0 Å². The summed E-state index contributed by atoms with van der Waals surface area (Å²) in [4.78, 5) is 4.30. The first kappa shape index (κ1) is 13.5. The van der Waals surface area contributed by atoms with Gasteiger partial charge in [-0.3, -0.25) is 0 Å². The number of nitrogens with one attached hydrogen (secondary N) is 1. The molecule has 0 saturated heterocycles. The van der Waals surface area contributed by atoms with Crippen LogP contribution in [0.15, 0.2) is 12.1 Å². The third-order valence-corrected chi connectivity index (χ3v) is 4.38.